The molecule has 4 heteroatoms. The number of likely N-dealkylation sites (tertiary alicyclic amines) is 1. The summed E-state index contributed by atoms with van der Waals surface area (Å²) in [7, 11) is 0. The number of hydrogen-bond donors (Lipinski definition) is 0. The number of halogens is 1. The quantitative estimate of drug-likeness (QED) is 0.631. The number of carbonyl (C=O) groups is 1. The second-order valence-corrected chi connectivity index (χ2v) is 7.70. The first-order valence-corrected chi connectivity index (χ1v) is 10.2. The Morgan fingerprint density at radius 2 is 1.76 bits per heavy atom. The topological polar surface area (TPSA) is 33.2 Å². The van der Waals surface area contributed by atoms with Gasteiger partial charge in [0.05, 0.1) is 6.42 Å². The fourth-order valence-corrected chi connectivity index (χ4v) is 3.96. The van der Waals surface area contributed by atoms with E-state index >= 15 is 0 Å². The number of piperidine rings is 1. The molecular weight excluding hydrogens is 363 g/mol. The smallest absolute Gasteiger partial charge is 0.227 e. The number of amides is 1. The third kappa shape index (κ3) is 5.08. The Labute approximate surface area is 171 Å². The van der Waals surface area contributed by atoms with Crippen LogP contribution in [0.3, 0.4) is 0 Å². The van der Waals surface area contributed by atoms with Gasteiger partial charge >= 0.3 is 0 Å². The highest BCUT2D eigenvalue weighted by Crippen LogP contribution is 2.26. The van der Waals surface area contributed by atoms with Crippen molar-refractivity contribution in [2.24, 2.45) is 0 Å². The largest absolute Gasteiger partial charge is 0.342 e. The molecule has 1 aromatic heterocycles. The lowest BCUT2D eigenvalue weighted by Gasteiger charge is -2.32. The zero-order chi connectivity index (χ0) is 20.1. The van der Waals surface area contributed by atoms with Crippen LogP contribution >= 0.6 is 0 Å². The SMILES string of the molecule is O=C(Cc1ccc(F)cc1)N1CCC[C@H](c2cccc(Cc3ccccc3)n2)C1. The minimum Gasteiger partial charge on any atom is -0.342 e. The number of benzene rings is 2. The monoisotopic (exact) mass is 388 g/mol. The Bertz CT molecular complexity index is 956. The summed E-state index contributed by atoms with van der Waals surface area (Å²) in [5, 5.41) is 0. The van der Waals surface area contributed by atoms with E-state index in [1.165, 1.54) is 17.7 Å². The highest BCUT2D eigenvalue weighted by molar-refractivity contribution is 5.79. The van der Waals surface area contributed by atoms with Crippen molar-refractivity contribution in [2.75, 3.05) is 13.1 Å². The van der Waals surface area contributed by atoms with E-state index in [9.17, 15) is 9.18 Å². The Morgan fingerprint density at radius 1 is 0.966 bits per heavy atom. The van der Waals surface area contributed by atoms with Crippen molar-refractivity contribution in [1.82, 2.24) is 9.88 Å². The van der Waals surface area contributed by atoms with Crippen molar-refractivity contribution in [3.05, 3.63) is 101 Å². The number of rotatable bonds is 5. The van der Waals surface area contributed by atoms with Crippen LogP contribution in [0.5, 0.6) is 0 Å². The first-order valence-electron chi connectivity index (χ1n) is 10.2. The number of aromatic nitrogens is 1. The lowest BCUT2D eigenvalue weighted by atomic mass is 9.93. The molecule has 1 saturated heterocycles. The maximum atomic E-state index is 13.1. The molecule has 0 radical (unpaired) electrons. The van der Waals surface area contributed by atoms with E-state index in [2.05, 4.69) is 30.3 Å². The summed E-state index contributed by atoms with van der Waals surface area (Å²) in [4.78, 5) is 19.6. The van der Waals surface area contributed by atoms with E-state index < -0.39 is 0 Å². The molecule has 1 amide bonds. The molecule has 2 heterocycles. The molecule has 0 aliphatic carbocycles. The van der Waals surface area contributed by atoms with Crippen LogP contribution in [0.25, 0.3) is 0 Å². The summed E-state index contributed by atoms with van der Waals surface area (Å²) >= 11 is 0. The van der Waals surface area contributed by atoms with Gasteiger partial charge in [-0.3, -0.25) is 9.78 Å². The molecule has 3 aromatic rings. The third-order valence-corrected chi connectivity index (χ3v) is 5.52. The molecule has 0 N–H and O–H groups in total. The Morgan fingerprint density at radius 3 is 2.55 bits per heavy atom. The summed E-state index contributed by atoms with van der Waals surface area (Å²) in [6.45, 7) is 1.47. The zero-order valence-electron chi connectivity index (χ0n) is 16.4. The van der Waals surface area contributed by atoms with E-state index in [0.29, 0.717) is 13.0 Å². The molecule has 0 saturated carbocycles. The third-order valence-electron chi connectivity index (χ3n) is 5.52. The summed E-state index contributed by atoms with van der Waals surface area (Å²) in [5.74, 6) is 0.0825. The average Bonchev–Trinajstić information content (AvgIpc) is 2.76. The molecular formula is C25H25FN2O. The van der Waals surface area contributed by atoms with Gasteiger partial charge in [0.15, 0.2) is 0 Å². The van der Waals surface area contributed by atoms with Gasteiger partial charge in [-0.15, -0.1) is 0 Å². The molecule has 148 valence electrons. The van der Waals surface area contributed by atoms with E-state index in [4.69, 9.17) is 4.98 Å². The number of hydrogen-bond acceptors (Lipinski definition) is 2. The molecule has 0 bridgehead atoms. The van der Waals surface area contributed by atoms with Crippen LogP contribution in [0.2, 0.25) is 0 Å². The van der Waals surface area contributed by atoms with E-state index in [1.54, 1.807) is 12.1 Å². The van der Waals surface area contributed by atoms with Gasteiger partial charge < -0.3 is 4.90 Å². The van der Waals surface area contributed by atoms with Crippen molar-refractivity contribution >= 4 is 5.91 Å². The van der Waals surface area contributed by atoms with Crippen LogP contribution in [-0.2, 0) is 17.6 Å². The van der Waals surface area contributed by atoms with Crippen LogP contribution < -0.4 is 0 Å². The highest BCUT2D eigenvalue weighted by atomic mass is 19.1. The van der Waals surface area contributed by atoms with Crippen LogP contribution in [0, 0.1) is 5.82 Å². The van der Waals surface area contributed by atoms with Gasteiger partial charge in [-0.05, 0) is 48.2 Å². The molecule has 4 rings (SSSR count). The van der Waals surface area contributed by atoms with Gasteiger partial charge in [-0.25, -0.2) is 4.39 Å². The molecule has 2 aromatic carbocycles. The van der Waals surface area contributed by atoms with Crippen LogP contribution in [0.1, 0.15) is 41.3 Å². The molecule has 1 fully saturated rings. The number of pyridine rings is 1. The first-order chi connectivity index (χ1) is 14.2. The van der Waals surface area contributed by atoms with Gasteiger partial charge in [0.25, 0.3) is 0 Å². The molecule has 0 spiro atoms. The minimum atomic E-state index is -0.277. The standard InChI is InChI=1S/C25H25FN2O/c26-22-13-11-20(12-14-22)17-25(29)28-15-5-8-21(18-28)24-10-4-9-23(27-24)16-19-6-2-1-3-7-19/h1-4,6-7,9-14,21H,5,8,15-18H2/t21-/m0/s1. The second-order valence-electron chi connectivity index (χ2n) is 7.70. The van der Waals surface area contributed by atoms with Gasteiger partial charge in [0, 0.05) is 36.8 Å². The van der Waals surface area contributed by atoms with Crippen molar-refractivity contribution in [3.8, 4) is 0 Å². The van der Waals surface area contributed by atoms with Gasteiger partial charge in [0.2, 0.25) is 5.91 Å². The van der Waals surface area contributed by atoms with Gasteiger partial charge in [0.1, 0.15) is 5.82 Å². The van der Waals surface area contributed by atoms with Gasteiger partial charge in [-0.2, -0.15) is 0 Å². The van der Waals surface area contributed by atoms with E-state index in [-0.39, 0.29) is 17.6 Å². The summed E-state index contributed by atoms with van der Waals surface area (Å²) in [5.41, 5.74) is 4.22. The number of nitrogens with zero attached hydrogens (tertiary/aromatic N) is 2. The van der Waals surface area contributed by atoms with Crippen molar-refractivity contribution in [1.29, 1.82) is 0 Å². The van der Waals surface area contributed by atoms with Crippen molar-refractivity contribution in [2.45, 2.75) is 31.6 Å². The molecule has 1 aliphatic rings. The minimum absolute atomic E-state index is 0.0988. The number of carbonyl (C=O) groups excluding carboxylic acids is 1. The van der Waals surface area contributed by atoms with Crippen molar-refractivity contribution in [3.63, 3.8) is 0 Å². The Hall–Kier alpha value is -3.01. The predicted molar refractivity (Wildman–Crippen MR) is 112 cm³/mol. The maximum absolute atomic E-state index is 13.1. The summed E-state index contributed by atoms with van der Waals surface area (Å²) in [6, 6.07) is 22.7. The lowest BCUT2D eigenvalue weighted by molar-refractivity contribution is -0.131. The fourth-order valence-electron chi connectivity index (χ4n) is 3.96. The van der Waals surface area contributed by atoms with Crippen LogP contribution in [0.15, 0.2) is 72.8 Å². The zero-order valence-corrected chi connectivity index (χ0v) is 16.4. The Balaban J connectivity index is 1.42. The molecule has 3 nitrogen and oxygen atoms in total. The van der Waals surface area contributed by atoms with Crippen molar-refractivity contribution < 1.29 is 9.18 Å². The summed E-state index contributed by atoms with van der Waals surface area (Å²) in [6.07, 6.45) is 3.15. The van der Waals surface area contributed by atoms with E-state index in [1.807, 2.05) is 23.1 Å². The second kappa shape index (κ2) is 8.99. The maximum Gasteiger partial charge on any atom is 0.227 e. The Kier molecular flexibility index (Phi) is 5.99. The first kappa shape index (κ1) is 19.3. The average molecular weight is 388 g/mol. The molecule has 1 atom stereocenters. The fraction of sp³-hybridized carbons (Fsp3) is 0.280. The molecule has 1 aliphatic heterocycles. The van der Waals surface area contributed by atoms with Crippen LogP contribution in [-0.4, -0.2) is 28.9 Å². The highest BCUT2D eigenvalue weighted by Gasteiger charge is 2.25. The molecule has 29 heavy (non-hydrogen) atoms. The lowest BCUT2D eigenvalue weighted by Crippen LogP contribution is -2.40. The van der Waals surface area contributed by atoms with Gasteiger partial charge in [-0.1, -0.05) is 48.5 Å². The normalized spacial score (nSPS) is 16.6. The molecule has 0 unspecified atom stereocenters. The van der Waals surface area contributed by atoms with Crippen LogP contribution in [0.4, 0.5) is 4.39 Å². The van der Waals surface area contributed by atoms with E-state index in [0.717, 1.165) is 42.8 Å². The summed E-state index contributed by atoms with van der Waals surface area (Å²) < 4.78 is 13.1. The predicted octanol–water partition coefficient (Wildman–Crippen LogP) is 4.76.